The van der Waals surface area contributed by atoms with E-state index in [0.717, 1.165) is 10.7 Å². The smallest absolute Gasteiger partial charge is 0.256 e. The molecule has 0 aromatic heterocycles. The van der Waals surface area contributed by atoms with Crippen molar-refractivity contribution in [2.45, 2.75) is 6.92 Å². The average Bonchev–Trinajstić information content (AvgIpc) is 2.43. The number of sulfonamides is 1. The molecule has 0 fully saturated rings. The summed E-state index contributed by atoms with van der Waals surface area (Å²) >= 11 is 9.28. The molecule has 0 aliphatic rings. The van der Waals surface area contributed by atoms with Gasteiger partial charge in [-0.05, 0) is 58.7 Å². The van der Waals surface area contributed by atoms with Crippen LogP contribution in [0.15, 0.2) is 40.9 Å². The van der Waals surface area contributed by atoms with Crippen LogP contribution in [0.1, 0.15) is 15.9 Å². The van der Waals surface area contributed by atoms with Crippen molar-refractivity contribution in [3.8, 4) is 0 Å². The third-order valence-corrected chi connectivity index (χ3v) is 4.87. The molecule has 0 aliphatic carbocycles. The Kier molecular flexibility index (Phi) is 5.33. The van der Waals surface area contributed by atoms with Gasteiger partial charge in [0, 0.05) is 15.7 Å². The first kappa shape index (κ1) is 17.8. The fourth-order valence-electron chi connectivity index (χ4n) is 1.96. The quantitative estimate of drug-likeness (QED) is 0.788. The minimum Gasteiger partial charge on any atom is -0.322 e. The van der Waals surface area contributed by atoms with E-state index in [1.54, 1.807) is 43.3 Å². The minimum atomic E-state index is -3.42. The van der Waals surface area contributed by atoms with Crippen molar-refractivity contribution in [2.75, 3.05) is 16.3 Å². The summed E-state index contributed by atoms with van der Waals surface area (Å²) in [4.78, 5) is 12.4. The molecule has 0 atom stereocenters. The first-order chi connectivity index (χ1) is 10.7. The summed E-state index contributed by atoms with van der Waals surface area (Å²) in [6, 6.07) is 9.90. The molecule has 1 amide bonds. The van der Waals surface area contributed by atoms with Crippen LogP contribution >= 0.6 is 27.5 Å². The van der Waals surface area contributed by atoms with Crippen molar-refractivity contribution < 1.29 is 13.2 Å². The summed E-state index contributed by atoms with van der Waals surface area (Å²) < 4.78 is 25.8. The van der Waals surface area contributed by atoms with E-state index in [0.29, 0.717) is 27.5 Å². The van der Waals surface area contributed by atoms with Gasteiger partial charge in [-0.15, -0.1) is 0 Å². The van der Waals surface area contributed by atoms with Crippen LogP contribution in [-0.4, -0.2) is 20.6 Å². The van der Waals surface area contributed by atoms with Gasteiger partial charge in [-0.2, -0.15) is 0 Å². The van der Waals surface area contributed by atoms with Crippen molar-refractivity contribution >= 4 is 54.8 Å². The molecule has 8 heteroatoms. The summed E-state index contributed by atoms with van der Waals surface area (Å²) in [7, 11) is -3.42. The van der Waals surface area contributed by atoms with E-state index in [1.165, 1.54) is 0 Å². The second-order valence-electron chi connectivity index (χ2n) is 4.94. The molecule has 0 radical (unpaired) electrons. The first-order valence-corrected chi connectivity index (χ1v) is 9.57. The van der Waals surface area contributed by atoms with E-state index >= 15 is 0 Å². The fraction of sp³-hybridized carbons (Fsp3) is 0.133. The zero-order valence-corrected chi connectivity index (χ0v) is 15.5. The molecule has 0 saturated carbocycles. The molecule has 23 heavy (non-hydrogen) atoms. The predicted octanol–water partition coefficient (Wildman–Crippen LogP) is 4.03. The SMILES string of the molecule is Cc1c(NS(C)(=O)=O)cccc1C(=O)Nc1ccc(Br)c(Cl)c1. The number of hydrogen-bond donors (Lipinski definition) is 2. The van der Waals surface area contributed by atoms with Gasteiger partial charge in [0.05, 0.1) is 17.0 Å². The number of rotatable bonds is 4. The zero-order valence-electron chi connectivity index (χ0n) is 12.4. The molecule has 2 rings (SSSR count). The molecule has 0 bridgehead atoms. The van der Waals surface area contributed by atoms with Gasteiger partial charge in [0.1, 0.15) is 0 Å². The molecule has 122 valence electrons. The van der Waals surface area contributed by atoms with Gasteiger partial charge in [0.2, 0.25) is 10.0 Å². The van der Waals surface area contributed by atoms with Crippen molar-refractivity contribution in [3.63, 3.8) is 0 Å². The lowest BCUT2D eigenvalue weighted by atomic mass is 10.1. The van der Waals surface area contributed by atoms with Crippen molar-refractivity contribution in [1.82, 2.24) is 0 Å². The van der Waals surface area contributed by atoms with E-state index in [4.69, 9.17) is 11.6 Å². The number of amides is 1. The maximum atomic E-state index is 12.4. The summed E-state index contributed by atoms with van der Waals surface area (Å²) in [6.45, 7) is 1.68. The molecule has 2 aromatic rings. The molecule has 2 N–H and O–H groups in total. The Bertz CT molecular complexity index is 869. The summed E-state index contributed by atoms with van der Waals surface area (Å²) in [6.07, 6.45) is 1.06. The van der Waals surface area contributed by atoms with Crippen LogP contribution in [0.5, 0.6) is 0 Å². The third kappa shape index (κ3) is 4.70. The Morgan fingerprint density at radius 3 is 2.52 bits per heavy atom. The molecule has 2 aromatic carbocycles. The summed E-state index contributed by atoms with van der Waals surface area (Å²) in [5.74, 6) is -0.349. The monoisotopic (exact) mass is 416 g/mol. The van der Waals surface area contributed by atoms with E-state index in [-0.39, 0.29) is 5.91 Å². The highest BCUT2D eigenvalue weighted by Crippen LogP contribution is 2.26. The number of carbonyl (C=O) groups is 1. The largest absolute Gasteiger partial charge is 0.322 e. The number of hydrogen-bond acceptors (Lipinski definition) is 3. The lowest BCUT2D eigenvalue weighted by Gasteiger charge is -2.12. The molecule has 5 nitrogen and oxygen atoms in total. The fourth-order valence-corrected chi connectivity index (χ4v) is 3.01. The number of nitrogens with one attached hydrogen (secondary N) is 2. The van der Waals surface area contributed by atoms with Gasteiger partial charge >= 0.3 is 0 Å². The number of carbonyl (C=O) groups excluding carboxylic acids is 1. The molecule has 0 unspecified atom stereocenters. The summed E-state index contributed by atoms with van der Waals surface area (Å²) in [5, 5.41) is 3.21. The Balaban J connectivity index is 2.29. The molecular formula is C15H14BrClN2O3S. The average molecular weight is 418 g/mol. The maximum absolute atomic E-state index is 12.4. The Morgan fingerprint density at radius 2 is 1.91 bits per heavy atom. The number of halogens is 2. The van der Waals surface area contributed by atoms with Gasteiger partial charge in [-0.3, -0.25) is 9.52 Å². The standard InChI is InChI=1S/C15H14BrClN2O3S/c1-9-11(4-3-5-14(9)19-23(2,21)22)15(20)18-10-6-7-12(16)13(17)8-10/h3-8,19H,1-2H3,(H,18,20). The van der Waals surface area contributed by atoms with E-state index in [1.807, 2.05) is 0 Å². The lowest BCUT2D eigenvalue weighted by molar-refractivity contribution is 0.102. The number of benzene rings is 2. The van der Waals surface area contributed by atoms with Crippen LogP contribution < -0.4 is 10.0 Å². The minimum absolute atomic E-state index is 0.349. The normalized spacial score (nSPS) is 11.1. The van der Waals surface area contributed by atoms with Crippen LogP contribution in [0.2, 0.25) is 5.02 Å². The van der Waals surface area contributed by atoms with E-state index in [2.05, 4.69) is 26.0 Å². The predicted molar refractivity (Wildman–Crippen MR) is 96.8 cm³/mol. The van der Waals surface area contributed by atoms with Gasteiger partial charge in [-0.25, -0.2) is 8.42 Å². The molecule has 0 heterocycles. The highest BCUT2D eigenvalue weighted by atomic mass is 79.9. The highest BCUT2D eigenvalue weighted by Gasteiger charge is 2.14. The third-order valence-electron chi connectivity index (χ3n) is 3.05. The van der Waals surface area contributed by atoms with Crippen LogP contribution in [-0.2, 0) is 10.0 Å². The number of anilines is 2. The van der Waals surface area contributed by atoms with Gasteiger partial charge < -0.3 is 5.32 Å². The van der Waals surface area contributed by atoms with Crippen LogP contribution in [0.25, 0.3) is 0 Å². The van der Waals surface area contributed by atoms with Gasteiger partial charge in [0.25, 0.3) is 5.91 Å². The maximum Gasteiger partial charge on any atom is 0.256 e. The van der Waals surface area contributed by atoms with Gasteiger partial charge in [0.15, 0.2) is 0 Å². The van der Waals surface area contributed by atoms with Crippen molar-refractivity contribution in [3.05, 3.63) is 57.0 Å². The molecule has 0 saturated heterocycles. The lowest BCUT2D eigenvalue weighted by Crippen LogP contribution is -2.16. The Labute approximate surface area is 148 Å². The Hall–Kier alpha value is -1.57. The van der Waals surface area contributed by atoms with Crippen molar-refractivity contribution in [2.24, 2.45) is 0 Å². The molecule has 0 aliphatic heterocycles. The van der Waals surface area contributed by atoms with Crippen LogP contribution in [0.4, 0.5) is 11.4 Å². The van der Waals surface area contributed by atoms with Gasteiger partial charge in [-0.1, -0.05) is 17.7 Å². The topological polar surface area (TPSA) is 75.3 Å². The van der Waals surface area contributed by atoms with E-state index in [9.17, 15) is 13.2 Å². The second-order valence-corrected chi connectivity index (χ2v) is 7.95. The highest BCUT2D eigenvalue weighted by molar-refractivity contribution is 9.10. The van der Waals surface area contributed by atoms with E-state index < -0.39 is 10.0 Å². The van der Waals surface area contributed by atoms with Crippen LogP contribution in [0.3, 0.4) is 0 Å². The Morgan fingerprint density at radius 1 is 1.22 bits per heavy atom. The zero-order chi connectivity index (χ0) is 17.2. The molecule has 0 spiro atoms. The first-order valence-electron chi connectivity index (χ1n) is 6.51. The van der Waals surface area contributed by atoms with Crippen molar-refractivity contribution in [1.29, 1.82) is 0 Å². The second kappa shape index (κ2) is 6.90. The summed E-state index contributed by atoms with van der Waals surface area (Å²) in [5.41, 5.74) is 1.83. The van der Waals surface area contributed by atoms with Crippen LogP contribution in [0, 0.1) is 6.92 Å². The molecular weight excluding hydrogens is 404 g/mol.